The number of likely N-dealkylation sites (N-methyl/N-ethyl adjacent to an activating group) is 1. The lowest BCUT2D eigenvalue weighted by molar-refractivity contribution is 0.454. The summed E-state index contributed by atoms with van der Waals surface area (Å²) in [6, 6.07) is 5.80. The number of benzene rings is 1. The molecule has 1 N–H and O–H groups in total. The van der Waals surface area contributed by atoms with Gasteiger partial charge in [-0.1, -0.05) is 0 Å². The lowest BCUT2D eigenvalue weighted by Crippen LogP contribution is -2.33. The van der Waals surface area contributed by atoms with Gasteiger partial charge in [-0.25, -0.2) is 4.39 Å². The molecule has 1 aromatic rings. The lowest BCUT2D eigenvalue weighted by Gasteiger charge is -2.27. The van der Waals surface area contributed by atoms with Gasteiger partial charge in [0, 0.05) is 30.9 Å². The van der Waals surface area contributed by atoms with E-state index in [1.165, 1.54) is 0 Å². The van der Waals surface area contributed by atoms with Gasteiger partial charge in [-0.2, -0.15) is 0 Å². The van der Waals surface area contributed by atoms with E-state index in [-0.39, 0.29) is 11.4 Å². The zero-order valence-corrected chi connectivity index (χ0v) is 11.0. The van der Waals surface area contributed by atoms with E-state index in [9.17, 15) is 4.39 Å². The third-order valence-electron chi connectivity index (χ3n) is 3.66. The molecule has 0 spiro atoms. The Balaban J connectivity index is 2.15. The largest absolute Gasteiger partial charge is 0.370 e. The molecule has 3 heteroatoms. The highest BCUT2D eigenvalue weighted by atomic mass is 19.1. The SMILES string of the molecule is Cc1cc(N(C)C2CNC(C)(C)C2)ccc1F. The van der Waals surface area contributed by atoms with E-state index in [4.69, 9.17) is 0 Å². The Hall–Kier alpha value is -1.09. The number of rotatable bonds is 2. The van der Waals surface area contributed by atoms with Crippen LogP contribution in [0.15, 0.2) is 18.2 Å². The Morgan fingerprint density at radius 2 is 2.12 bits per heavy atom. The summed E-state index contributed by atoms with van der Waals surface area (Å²) in [5.74, 6) is -0.132. The number of nitrogens with zero attached hydrogens (tertiary/aromatic N) is 1. The van der Waals surface area contributed by atoms with E-state index in [0.717, 1.165) is 18.7 Å². The van der Waals surface area contributed by atoms with Crippen molar-refractivity contribution in [3.8, 4) is 0 Å². The van der Waals surface area contributed by atoms with Gasteiger partial charge < -0.3 is 10.2 Å². The normalized spacial score (nSPS) is 22.8. The molecule has 1 fully saturated rings. The van der Waals surface area contributed by atoms with Gasteiger partial charge in [0.25, 0.3) is 0 Å². The maximum absolute atomic E-state index is 13.2. The van der Waals surface area contributed by atoms with Crippen molar-refractivity contribution in [1.82, 2.24) is 5.32 Å². The van der Waals surface area contributed by atoms with Crippen molar-refractivity contribution < 1.29 is 4.39 Å². The molecule has 1 unspecified atom stereocenters. The molecule has 1 heterocycles. The minimum Gasteiger partial charge on any atom is -0.370 e. The molecule has 0 bridgehead atoms. The minimum atomic E-state index is -0.132. The Labute approximate surface area is 103 Å². The summed E-state index contributed by atoms with van der Waals surface area (Å²) >= 11 is 0. The molecule has 2 nitrogen and oxygen atoms in total. The van der Waals surface area contributed by atoms with Crippen molar-refractivity contribution >= 4 is 5.69 Å². The van der Waals surface area contributed by atoms with Crippen molar-refractivity contribution in [3.63, 3.8) is 0 Å². The molecular weight excluding hydrogens is 215 g/mol. The van der Waals surface area contributed by atoms with E-state index >= 15 is 0 Å². The first-order valence-corrected chi connectivity index (χ1v) is 6.13. The molecule has 0 amide bonds. The Morgan fingerprint density at radius 1 is 1.41 bits per heavy atom. The van der Waals surface area contributed by atoms with Crippen LogP contribution in [0.4, 0.5) is 10.1 Å². The fourth-order valence-corrected chi connectivity index (χ4v) is 2.46. The van der Waals surface area contributed by atoms with Gasteiger partial charge in [-0.3, -0.25) is 0 Å². The fraction of sp³-hybridized carbons (Fsp3) is 0.571. The first-order valence-electron chi connectivity index (χ1n) is 6.13. The van der Waals surface area contributed by atoms with Crippen LogP contribution in [-0.4, -0.2) is 25.2 Å². The molecule has 17 heavy (non-hydrogen) atoms. The van der Waals surface area contributed by atoms with E-state index < -0.39 is 0 Å². The molecule has 0 aliphatic carbocycles. The van der Waals surface area contributed by atoms with E-state index in [0.29, 0.717) is 11.6 Å². The average molecular weight is 236 g/mol. The van der Waals surface area contributed by atoms with E-state index in [2.05, 4.69) is 31.1 Å². The van der Waals surface area contributed by atoms with Gasteiger partial charge in [-0.15, -0.1) is 0 Å². The van der Waals surface area contributed by atoms with Crippen molar-refractivity contribution in [2.24, 2.45) is 0 Å². The van der Waals surface area contributed by atoms with Gasteiger partial charge >= 0.3 is 0 Å². The third kappa shape index (κ3) is 2.60. The Morgan fingerprint density at radius 3 is 2.65 bits per heavy atom. The topological polar surface area (TPSA) is 15.3 Å². The maximum Gasteiger partial charge on any atom is 0.126 e. The summed E-state index contributed by atoms with van der Waals surface area (Å²) in [5.41, 5.74) is 2.00. The number of halogens is 1. The number of anilines is 1. The smallest absolute Gasteiger partial charge is 0.126 e. The molecule has 1 aromatic carbocycles. The molecule has 1 saturated heterocycles. The van der Waals surface area contributed by atoms with Crippen molar-refractivity contribution in [2.45, 2.75) is 38.8 Å². The quantitative estimate of drug-likeness (QED) is 0.849. The van der Waals surface area contributed by atoms with Crippen LogP contribution in [0.25, 0.3) is 0 Å². The highest BCUT2D eigenvalue weighted by molar-refractivity contribution is 5.49. The Bertz CT molecular complexity index is 415. The van der Waals surface area contributed by atoms with Gasteiger partial charge in [0.1, 0.15) is 5.82 Å². The lowest BCUT2D eigenvalue weighted by atomic mass is 10.0. The monoisotopic (exact) mass is 236 g/mol. The molecule has 0 saturated carbocycles. The molecule has 1 aliphatic heterocycles. The Kier molecular flexibility index (Phi) is 3.13. The van der Waals surface area contributed by atoms with E-state index in [1.807, 2.05) is 19.1 Å². The van der Waals surface area contributed by atoms with Crippen LogP contribution in [0.5, 0.6) is 0 Å². The number of nitrogens with one attached hydrogen (secondary N) is 1. The highest BCUT2D eigenvalue weighted by Gasteiger charge is 2.32. The van der Waals surface area contributed by atoms with Gasteiger partial charge in [-0.05, 0) is 51.0 Å². The van der Waals surface area contributed by atoms with Crippen molar-refractivity contribution in [1.29, 1.82) is 0 Å². The van der Waals surface area contributed by atoms with Crippen LogP contribution in [-0.2, 0) is 0 Å². The molecule has 2 rings (SSSR count). The van der Waals surface area contributed by atoms with Crippen LogP contribution in [0.2, 0.25) is 0 Å². The summed E-state index contributed by atoms with van der Waals surface area (Å²) in [6.45, 7) is 7.23. The number of aryl methyl sites for hydroxylation is 1. The summed E-state index contributed by atoms with van der Waals surface area (Å²) < 4.78 is 13.2. The second kappa shape index (κ2) is 4.30. The summed E-state index contributed by atoms with van der Waals surface area (Å²) in [5, 5.41) is 3.51. The molecule has 1 atom stereocenters. The highest BCUT2D eigenvalue weighted by Crippen LogP contribution is 2.26. The van der Waals surface area contributed by atoms with Gasteiger partial charge in [0.2, 0.25) is 0 Å². The van der Waals surface area contributed by atoms with Crippen molar-refractivity contribution in [3.05, 3.63) is 29.6 Å². The first kappa shape index (κ1) is 12.4. The predicted octanol–water partition coefficient (Wildman–Crippen LogP) is 2.71. The molecule has 1 aliphatic rings. The predicted molar refractivity (Wildman–Crippen MR) is 70.0 cm³/mol. The van der Waals surface area contributed by atoms with Crippen LogP contribution in [0, 0.1) is 12.7 Å². The molecule has 94 valence electrons. The first-order chi connectivity index (χ1) is 7.89. The van der Waals surface area contributed by atoms with Crippen molar-refractivity contribution in [2.75, 3.05) is 18.5 Å². The maximum atomic E-state index is 13.2. The summed E-state index contributed by atoms with van der Waals surface area (Å²) in [7, 11) is 2.08. The van der Waals surface area contributed by atoms with Crippen LogP contribution in [0.1, 0.15) is 25.8 Å². The van der Waals surface area contributed by atoms with Crippen LogP contribution >= 0.6 is 0 Å². The molecule has 0 aromatic heterocycles. The zero-order chi connectivity index (χ0) is 12.6. The van der Waals surface area contributed by atoms with Crippen LogP contribution in [0.3, 0.4) is 0 Å². The number of hydrogen-bond donors (Lipinski definition) is 1. The molecular formula is C14H21FN2. The van der Waals surface area contributed by atoms with Crippen LogP contribution < -0.4 is 10.2 Å². The second-order valence-corrected chi connectivity index (χ2v) is 5.67. The van der Waals surface area contributed by atoms with Gasteiger partial charge in [0.05, 0.1) is 0 Å². The third-order valence-corrected chi connectivity index (χ3v) is 3.66. The fourth-order valence-electron chi connectivity index (χ4n) is 2.46. The second-order valence-electron chi connectivity index (χ2n) is 5.67. The molecule has 0 radical (unpaired) electrons. The standard InChI is InChI=1S/C14H21FN2/c1-10-7-11(5-6-13(10)15)17(4)12-8-14(2,3)16-9-12/h5-7,12,16H,8-9H2,1-4H3. The zero-order valence-electron chi connectivity index (χ0n) is 11.0. The van der Waals surface area contributed by atoms with E-state index in [1.54, 1.807) is 6.07 Å². The summed E-state index contributed by atoms with van der Waals surface area (Å²) in [4.78, 5) is 2.24. The minimum absolute atomic E-state index is 0.132. The number of hydrogen-bond acceptors (Lipinski definition) is 2. The van der Waals surface area contributed by atoms with Gasteiger partial charge in [0.15, 0.2) is 0 Å². The average Bonchev–Trinajstić information content (AvgIpc) is 2.62. The summed E-state index contributed by atoms with van der Waals surface area (Å²) in [6.07, 6.45) is 1.11.